The van der Waals surface area contributed by atoms with Gasteiger partial charge in [0.2, 0.25) is 0 Å². The van der Waals surface area contributed by atoms with Crippen LogP contribution in [-0.4, -0.2) is 16.2 Å². The Kier molecular flexibility index (Phi) is 2.16. The van der Waals surface area contributed by atoms with Gasteiger partial charge in [-0.25, -0.2) is 4.79 Å². The standard InChI is InChI=1S/C4H6N4OS/c5-4(9)8-10-3-1-2-6-7-3/h1-2H,(H,6,7)(H3,5,8,9). The topological polar surface area (TPSA) is 83.8 Å². The van der Waals surface area contributed by atoms with Crippen LogP contribution in [0.3, 0.4) is 0 Å². The molecule has 1 rings (SSSR count). The predicted molar refractivity (Wildman–Crippen MR) is 37.2 cm³/mol. The van der Waals surface area contributed by atoms with Crippen LogP contribution in [0.2, 0.25) is 0 Å². The molecule has 0 bridgehead atoms. The fraction of sp³-hybridized carbons (Fsp3) is 0. The molecule has 10 heavy (non-hydrogen) atoms. The number of nitrogens with two attached hydrogens (primary N) is 1. The summed E-state index contributed by atoms with van der Waals surface area (Å²) in [7, 11) is 0. The Balaban J connectivity index is 2.35. The fourth-order valence-electron chi connectivity index (χ4n) is 0.405. The second kappa shape index (κ2) is 3.11. The molecule has 1 aromatic heterocycles. The lowest BCUT2D eigenvalue weighted by atomic mass is 10.8. The second-order valence-corrected chi connectivity index (χ2v) is 2.34. The van der Waals surface area contributed by atoms with Gasteiger partial charge < -0.3 is 5.73 Å². The first-order valence-electron chi connectivity index (χ1n) is 2.50. The summed E-state index contributed by atoms with van der Waals surface area (Å²) < 4.78 is 2.33. The van der Waals surface area contributed by atoms with Gasteiger partial charge in [-0.15, -0.1) is 0 Å². The molecule has 54 valence electrons. The Morgan fingerprint density at radius 3 is 3.20 bits per heavy atom. The Hall–Kier alpha value is -1.17. The minimum absolute atomic E-state index is 0.570. The SMILES string of the molecule is NC(=O)NSc1ccn[nH]1. The summed E-state index contributed by atoms with van der Waals surface area (Å²) in [5.74, 6) is 0. The van der Waals surface area contributed by atoms with Gasteiger partial charge in [-0.3, -0.25) is 9.82 Å². The van der Waals surface area contributed by atoms with Crippen molar-refractivity contribution < 1.29 is 4.79 Å². The molecule has 4 N–H and O–H groups in total. The lowest BCUT2D eigenvalue weighted by Crippen LogP contribution is -2.22. The number of aromatic amines is 1. The van der Waals surface area contributed by atoms with Gasteiger partial charge in [0, 0.05) is 18.1 Å². The molecule has 0 radical (unpaired) electrons. The summed E-state index contributed by atoms with van der Waals surface area (Å²) in [6.45, 7) is 0. The number of carbonyl (C=O) groups excluding carboxylic acids is 1. The number of nitrogens with zero attached hydrogens (tertiary/aromatic N) is 1. The maximum atomic E-state index is 10.2. The average molecular weight is 158 g/mol. The van der Waals surface area contributed by atoms with Crippen molar-refractivity contribution >= 4 is 18.0 Å². The molecule has 6 heteroatoms. The van der Waals surface area contributed by atoms with Gasteiger partial charge >= 0.3 is 6.03 Å². The largest absolute Gasteiger partial charge is 0.351 e. The first-order chi connectivity index (χ1) is 4.79. The second-order valence-electron chi connectivity index (χ2n) is 1.49. The number of rotatable bonds is 2. The first-order valence-corrected chi connectivity index (χ1v) is 3.32. The van der Waals surface area contributed by atoms with Crippen LogP contribution in [0.4, 0.5) is 4.79 Å². The predicted octanol–water partition coefficient (Wildman–Crippen LogP) is 0.0851. The van der Waals surface area contributed by atoms with Gasteiger partial charge in [0.15, 0.2) is 0 Å². The lowest BCUT2D eigenvalue weighted by Gasteiger charge is -1.94. The molecule has 0 aliphatic heterocycles. The maximum absolute atomic E-state index is 10.2. The minimum atomic E-state index is -0.570. The van der Waals surface area contributed by atoms with Crippen LogP contribution in [0.1, 0.15) is 0 Å². The highest BCUT2D eigenvalue weighted by molar-refractivity contribution is 7.97. The molecule has 2 amide bonds. The summed E-state index contributed by atoms with van der Waals surface area (Å²) >= 11 is 1.09. The van der Waals surface area contributed by atoms with Gasteiger partial charge in [0.05, 0.1) is 0 Å². The Bertz CT molecular complexity index is 209. The van der Waals surface area contributed by atoms with Crippen LogP contribution in [0.15, 0.2) is 17.3 Å². The number of amides is 2. The number of primary amides is 1. The Labute approximate surface area is 61.5 Å². The third-order valence-electron chi connectivity index (χ3n) is 0.737. The number of urea groups is 1. The van der Waals surface area contributed by atoms with Crippen molar-refractivity contribution in [3.05, 3.63) is 12.3 Å². The van der Waals surface area contributed by atoms with Crippen molar-refractivity contribution in [3.8, 4) is 0 Å². The van der Waals surface area contributed by atoms with Crippen molar-refractivity contribution in [2.45, 2.75) is 5.03 Å². The maximum Gasteiger partial charge on any atom is 0.322 e. The zero-order valence-electron chi connectivity index (χ0n) is 5.00. The van der Waals surface area contributed by atoms with E-state index in [0.29, 0.717) is 0 Å². The van der Waals surface area contributed by atoms with E-state index in [9.17, 15) is 4.79 Å². The number of nitrogens with one attached hydrogen (secondary N) is 2. The van der Waals surface area contributed by atoms with E-state index in [-0.39, 0.29) is 0 Å². The zero-order valence-corrected chi connectivity index (χ0v) is 5.81. The molecule has 0 fully saturated rings. The van der Waals surface area contributed by atoms with Gasteiger partial charge in [-0.2, -0.15) is 5.10 Å². The number of aromatic nitrogens is 2. The van der Waals surface area contributed by atoms with E-state index in [2.05, 4.69) is 14.9 Å². The van der Waals surface area contributed by atoms with Crippen LogP contribution >= 0.6 is 11.9 Å². The van der Waals surface area contributed by atoms with E-state index < -0.39 is 6.03 Å². The average Bonchev–Trinajstić information content (AvgIpc) is 2.34. The molecule has 0 atom stereocenters. The quantitative estimate of drug-likeness (QED) is 0.533. The van der Waals surface area contributed by atoms with Crippen molar-refractivity contribution in [1.82, 2.24) is 14.9 Å². The molecule has 5 nitrogen and oxygen atoms in total. The summed E-state index contributed by atoms with van der Waals surface area (Å²) in [4.78, 5) is 10.2. The normalized spacial score (nSPS) is 9.20. The summed E-state index contributed by atoms with van der Waals surface area (Å²) in [5.41, 5.74) is 4.80. The molecule has 1 aromatic rings. The third-order valence-corrected chi connectivity index (χ3v) is 1.49. The summed E-state index contributed by atoms with van der Waals surface area (Å²) in [5, 5.41) is 7.05. The molecule has 0 saturated carbocycles. The van der Waals surface area contributed by atoms with Crippen LogP contribution in [0, 0.1) is 0 Å². The summed E-state index contributed by atoms with van der Waals surface area (Å²) in [6.07, 6.45) is 1.59. The van der Waals surface area contributed by atoms with Crippen molar-refractivity contribution in [3.63, 3.8) is 0 Å². The Morgan fingerprint density at radius 1 is 1.90 bits per heavy atom. The van der Waals surface area contributed by atoms with E-state index in [1.54, 1.807) is 12.3 Å². The number of H-pyrrole nitrogens is 1. The molecule has 1 heterocycles. The molecule has 0 aliphatic carbocycles. The monoisotopic (exact) mass is 158 g/mol. The van der Waals surface area contributed by atoms with Crippen LogP contribution in [-0.2, 0) is 0 Å². The molecular weight excluding hydrogens is 152 g/mol. The molecule has 0 saturated heterocycles. The van der Waals surface area contributed by atoms with E-state index in [1.807, 2.05) is 0 Å². The van der Waals surface area contributed by atoms with Gasteiger partial charge in [0.1, 0.15) is 5.03 Å². The van der Waals surface area contributed by atoms with Crippen LogP contribution in [0.25, 0.3) is 0 Å². The number of hydrogen-bond donors (Lipinski definition) is 3. The number of hydrogen-bond acceptors (Lipinski definition) is 3. The van der Waals surface area contributed by atoms with E-state index in [0.717, 1.165) is 17.0 Å². The molecule has 0 aromatic carbocycles. The highest BCUT2D eigenvalue weighted by Gasteiger charge is 1.94. The smallest absolute Gasteiger partial charge is 0.322 e. The van der Waals surface area contributed by atoms with Crippen molar-refractivity contribution in [1.29, 1.82) is 0 Å². The summed E-state index contributed by atoms with van der Waals surface area (Å²) in [6, 6.07) is 1.15. The number of carbonyl (C=O) groups is 1. The Morgan fingerprint density at radius 2 is 2.70 bits per heavy atom. The molecular formula is C4H6N4OS. The van der Waals surface area contributed by atoms with Gasteiger partial charge in [-0.05, 0) is 6.07 Å². The molecule has 0 aliphatic rings. The van der Waals surface area contributed by atoms with E-state index in [4.69, 9.17) is 5.73 Å². The highest BCUT2D eigenvalue weighted by atomic mass is 32.2. The lowest BCUT2D eigenvalue weighted by molar-refractivity contribution is 0.254. The first kappa shape index (κ1) is 6.94. The van der Waals surface area contributed by atoms with Crippen molar-refractivity contribution in [2.24, 2.45) is 5.73 Å². The molecule has 0 unspecified atom stereocenters. The third kappa shape index (κ3) is 1.98. The molecule has 0 spiro atoms. The minimum Gasteiger partial charge on any atom is -0.351 e. The highest BCUT2D eigenvalue weighted by Crippen LogP contribution is 2.07. The van der Waals surface area contributed by atoms with E-state index in [1.165, 1.54) is 0 Å². The van der Waals surface area contributed by atoms with Crippen LogP contribution < -0.4 is 10.5 Å². The van der Waals surface area contributed by atoms with Crippen LogP contribution in [0.5, 0.6) is 0 Å². The van der Waals surface area contributed by atoms with E-state index >= 15 is 0 Å². The zero-order chi connectivity index (χ0) is 7.40. The van der Waals surface area contributed by atoms with Crippen molar-refractivity contribution in [2.75, 3.05) is 0 Å². The van der Waals surface area contributed by atoms with Gasteiger partial charge in [0.25, 0.3) is 0 Å². The fourth-order valence-corrected chi connectivity index (χ4v) is 0.843. The van der Waals surface area contributed by atoms with Gasteiger partial charge in [-0.1, -0.05) is 0 Å².